The quantitative estimate of drug-likeness (QED) is 0.386. The van der Waals surface area contributed by atoms with Gasteiger partial charge >= 0.3 is 0 Å². The molecule has 0 radical (unpaired) electrons. The van der Waals surface area contributed by atoms with E-state index in [4.69, 9.17) is 5.11 Å². The number of aliphatic hydroxyl groups excluding tert-OH is 1. The maximum atomic E-state index is 8.59. The lowest BCUT2D eigenvalue weighted by molar-refractivity contribution is 0.282. The molecule has 0 aliphatic heterocycles. The van der Waals surface area contributed by atoms with E-state index in [0.717, 1.165) is 32.4 Å². The van der Waals surface area contributed by atoms with E-state index >= 15 is 0 Å². The van der Waals surface area contributed by atoms with Crippen molar-refractivity contribution in [3.63, 3.8) is 0 Å². The molecule has 0 saturated heterocycles. The summed E-state index contributed by atoms with van der Waals surface area (Å²) in [6.45, 7) is 6.34. The smallest absolute Gasteiger partial charge is 0.0431 e. The fourth-order valence-corrected chi connectivity index (χ4v) is 1.56. The minimum Gasteiger partial charge on any atom is -0.396 e. The van der Waals surface area contributed by atoms with Gasteiger partial charge in [0.2, 0.25) is 0 Å². The summed E-state index contributed by atoms with van der Waals surface area (Å²) in [7, 11) is 0. The van der Waals surface area contributed by atoms with E-state index in [9.17, 15) is 0 Å². The Morgan fingerprint density at radius 3 is 2.07 bits per heavy atom. The number of rotatable bonds is 12. The number of aliphatic hydroxyl groups is 1. The van der Waals surface area contributed by atoms with Gasteiger partial charge in [-0.15, -0.1) is 6.58 Å². The number of allylic oxidation sites excluding steroid dienone is 1. The molecule has 2 N–H and O–H groups in total. The normalized spacial score (nSPS) is 10.5. The molecule has 0 aromatic rings. The van der Waals surface area contributed by atoms with Crippen molar-refractivity contribution in [2.75, 3.05) is 19.7 Å². The van der Waals surface area contributed by atoms with E-state index in [0.29, 0.717) is 6.61 Å². The van der Waals surface area contributed by atoms with Gasteiger partial charge in [0.25, 0.3) is 0 Å². The van der Waals surface area contributed by atoms with E-state index in [1.165, 1.54) is 32.1 Å². The van der Waals surface area contributed by atoms with Crippen LogP contribution in [0.1, 0.15) is 51.4 Å². The third-order valence-electron chi connectivity index (χ3n) is 2.52. The summed E-state index contributed by atoms with van der Waals surface area (Å²) in [4.78, 5) is 0. The van der Waals surface area contributed by atoms with Gasteiger partial charge in [0, 0.05) is 6.61 Å². The Hall–Kier alpha value is -0.340. The summed E-state index contributed by atoms with van der Waals surface area (Å²) in [5, 5.41) is 12.0. The Kier molecular flexibility index (Phi) is 13.4. The molecule has 0 aromatic carbocycles. The zero-order chi connectivity index (χ0) is 11.2. The van der Waals surface area contributed by atoms with Crippen LogP contribution in [0.15, 0.2) is 12.7 Å². The molecule has 0 rings (SSSR count). The topological polar surface area (TPSA) is 32.3 Å². The highest BCUT2D eigenvalue weighted by Gasteiger charge is 1.90. The van der Waals surface area contributed by atoms with Crippen LogP contribution < -0.4 is 5.32 Å². The van der Waals surface area contributed by atoms with E-state index in [-0.39, 0.29) is 0 Å². The lowest BCUT2D eigenvalue weighted by Gasteiger charge is -2.04. The highest BCUT2D eigenvalue weighted by Crippen LogP contribution is 2.00. The summed E-state index contributed by atoms with van der Waals surface area (Å²) in [6.07, 6.45) is 11.6. The Morgan fingerprint density at radius 1 is 0.867 bits per heavy atom. The van der Waals surface area contributed by atoms with E-state index in [2.05, 4.69) is 11.9 Å². The second-order valence-electron chi connectivity index (χ2n) is 4.03. The van der Waals surface area contributed by atoms with E-state index in [1.807, 2.05) is 6.08 Å². The third-order valence-corrected chi connectivity index (χ3v) is 2.52. The Morgan fingerprint density at radius 2 is 1.47 bits per heavy atom. The van der Waals surface area contributed by atoms with Crippen molar-refractivity contribution in [1.29, 1.82) is 0 Å². The number of unbranched alkanes of at least 4 members (excludes halogenated alkanes) is 6. The van der Waals surface area contributed by atoms with Gasteiger partial charge < -0.3 is 10.4 Å². The largest absolute Gasteiger partial charge is 0.396 e. The van der Waals surface area contributed by atoms with Crippen LogP contribution in [-0.4, -0.2) is 24.8 Å². The van der Waals surface area contributed by atoms with Crippen LogP contribution in [0.4, 0.5) is 0 Å². The predicted molar refractivity (Wildman–Crippen MR) is 67.1 cm³/mol. The molecule has 15 heavy (non-hydrogen) atoms. The average Bonchev–Trinajstić information content (AvgIpc) is 2.26. The van der Waals surface area contributed by atoms with Gasteiger partial charge in [-0.25, -0.2) is 0 Å². The fourth-order valence-electron chi connectivity index (χ4n) is 1.56. The molecule has 2 nitrogen and oxygen atoms in total. The molecule has 0 amide bonds. The molecule has 90 valence electrons. The number of hydrogen-bond donors (Lipinski definition) is 2. The first kappa shape index (κ1) is 14.7. The van der Waals surface area contributed by atoms with Crippen molar-refractivity contribution in [2.24, 2.45) is 0 Å². The zero-order valence-corrected chi connectivity index (χ0v) is 10.0. The van der Waals surface area contributed by atoms with Gasteiger partial charge in [0.1, 0.15) is 0 Å². The second kappa shape index (κ2) is 13.7. The van der Waals surface area contributed by atoms with Crippen LogP contribution >= 0.6 is 0 Å². The summed E-state index contributed by atoms with van der Waals surface area (Å²) in [6, 6.07) is 0. The van der Waals surface area contributed by atoms with Crippen molar-refractivity contribution >= 4 is 0 Å². The maximum absolute atomic E-state index is 8.59. The molecule has 2 heteroatoms. The molecule has 0 aromatic heterocycles. The molecule has 0 atom stereocenters. The highest BCUT2D eigenvalue weighted by atomic mass is 16.2. The van der Waals surface area contributed by atoms with Crippen LogP contribution in [0.5, 0.6) is 0 Å². The lowest BCUT2D eigenvalue weighted by atomic mass is 10.2. The van der Waals surface area contributed by atoms with Gasteiger partial charge in [0.15, 0.2) is 0 Å². The zero-order valence-electron chi connectivity index (χ0n) is 10.0. The maximum Gasteiger partial charge on any atom is 0.0431 e. The first-order valence-electron chi connectivity index (χ1n) is 6.34. The second-order valence-corrected chi connectivity index (χ2v) is 4.03. The number of nitrogens with one attached hydrogen (secondary N) is 1. The van der Waals surface area contributed by atoms with Crippen LogP contribution in [0.3, 0.4) is 0 Å². The summed E-state index contributed by atoms with van der Waals surface area (Å²) < 4.78 is 0. The molecule has 0 aliphatic rings. The summed E-state index contributed by atoms with van der Waals surface area (Å²) in [5.74, 6) is 0. The van der Waals surface area contributed by atoms with Crippen LogP contribution in [0, 0.1) is 0 Å². The predicted octanol–water partition coefficient (Wildman–Crippen LogP) is 2.88. The van der Waals surface area contributed by atoms with Gasteiger partial charge in [-0.3, -0.25) is 0 Å². The molecular formula is C13H27NO. The minimum atomic E-state index is 0.344. The third kappa shape index (κ3) is 13.7. The van der Waals surface area contributed by atoms with Crippen LogP contribution in [0.2, 0.25) is 0 Å². The van der Waals surface area contributed by atoms with Crippen LogP contribution in [0.25, 0.3) is 0 Å². The Labute approximate surface area is 94.8 Å². The molecule has 0 spiro atoms. The molecule has 0 fully saturated rings. The van der Waals surface area contributed by atoms with Crippen molar-refractivity contribution in [3.8, 4) is 0 Å². The minimum absolute atomic E-state index is 0.344. The summed E-state index contributed by atoms with van der Waals surface area (Å²) >= 11 is 0. The fraction of sp³-hybridized carbons (Fsp3) is 0.846. The van der Waals surface area contributed by atoms with Gasteiger partial charge in [0.05, 0.1) is 0 Å². The van der Waals surface area contributed by atoms with Crippen molar-refractivity contribution in [3.05, 3.63) is 12.7 Å². The van der Waals surface area contributed by atoms with Crippen molar-refractivity contribution < 1.29 is 5.11 Å². The SMILES string of the molecule is C=CCCCCCNCCCCCCO. The van der Waals surface area contributed by atoms with E-state index in [1.54, 1.807) is 0 Å². The monoisotopic (exact) mass is 213 g/mol. The molecule has 0 saturated carbocycles. The number of hydrogen-bond acceptors (Lipinski definition) is 2. The molecule has 0 bridgehead atoms. The molecular weight excluding hydrogens is 186 g/mol. The Balaban J connectivity index is 2.83. The van der Waals surface area contributed by atoms with E-state index < -0.39 is 0 Å². The van der Waals surface area contributed by atoms with Gasteiger partial charge in [-0.05, 0) is 45.2 Å². The lowest BCUT2D eigenvalue weighted by Crippen LogP contribution is -2.16. The average molecular weight is 213 g/mol. The van der Waals surface area contributed by atoms with Gasteiger partial charge in [-0.1, -0.05) is 25.3 Å². The highest BCUT2D eigenvalue weighted by molar-refractivity contribution is 4.65. The molecule has 0 aliphatic carbocycles. The van der Waals surface area contributed by atoms with Crippen molar-refractivity contribution in [1.82, 2.24) is 5.32 Å². The van der Waals surface area contributed by atoms with Gasteiger partial charge in [-0.2, -0.15) is 0 Å². The first-order chi connectivity index (χ1) is 7.41. The first-order valence-corrected chi connectivity index (χ1v) is 6.34. The standard InChI is InChI=1S/C13H27NO/c1-2-3-4-5-8-11-14-12-9-6-7-10-13-15/h2,14-15H,1,3-13H2. The van der Waals surface area contributed by atoms with Crippen molar-refractivity contribution in [2.45, 2.75) is 51.4 Å². The molecule has 0 heterocycles. The summed E-state index contributed by atoms with van der Waals surface area (Å²) in [5.41, 5.74) is 0. The Bertz CT molecular complexity index is 126. The van der Waals surface area contributed by atoms with Crippen LogP contribution in [-0.2, 0) is 0 Å². The molecule has 0 unspecified atom stereocenters.